The second-order valence-electron chi connectivity index (χ2n) is 3.51. The molecular formula is C10H19N3O. The largest absolute Gasteiger partial charge is 0.339 e. The summed E-state index contributed by atoms with van der Waals surface area (Å²) in [4.78, 5) is 4.34. The first-order chi connectivity index (χ1) is 6.77. The minimum atomic E-state index is 0.299. The Balaban J connectivity index is 2.48. The monoisotopic (exact) mass is 197 g/mol. The van der Waals surface area contributed by atoms with Gasteiger partial charge in [-0.2, -0.15) is 4.98 Å². The van der Waals surface area contributed by atoms with Crippen molar-refractivity contribution in [2.75, 3.05) is 13.1 Å². The Morgan fingerprint density at radius 2 is 2.21 bits per heavy atom. The van der Waals surface area contributed by atoms with E-state index in [-0.39, 0.29) is 0 Å². The SMILES string of the molecule is CCCc1noc(C(C)CNCC)n1. The number of aromatic nitrogens is 2. The molecule has 0 saturated heterocycles. The van der Waals surface area contributed by atoms with Gasteiger partial charge in [0, 0.05) is 18.9 Å². The van der Waals surface area contributed by atoms with E-state index in [1.165, 1.54) is 0 Å². The number of hydrogen-bond acceptors (Lipinski definition) is 4. The quantitative estimate of drug-likeness (QED) is 0.754. The Morgan fingerprint density at radius 1 is 1.43 bits per heavy atom. The molecule has 0 amide bonds. The molecule has 80 valence electrons. The first-order valence-corrected chi connectivity index (χ1v) is 5.31. The van der Waals surface area contributed by atoms with E-state index < -0.39 is 0 Å². The van der Waals surface area contributed by atoms with Gasteiger partial charge in [-0.25, -0.2) is 0 Å². The van der Waals surface area contributed by atoms with Crippen molar-refractivity contribution in [1.82, 2.24) is 15.5 Å². The van der Waals surface area contributed by atoms with Crippen LogP contribution >= 0.6 is 0 Å². The summed E-state index contributed by atoms with van der Waals surface area (Å²) in [7, 11) is 0. The molecular weight excluding hydrogens is 178 g/mol. The summed E-state index contributed by atoms with van der Waals surface area (Å²) in [6.45, 7) is 8.15. The van der Waals surface area contributed by atoms with E-state index >= 15 is 0 Å². The average Bonchev–Trinajstić information content (AvgIpc) is 2.63. The fraction of sp³-hybridized carbons (Fsp3) is 0.800. The first kappa shape index (κ1) is 11.2. The van der Waals surface area contributed by atoms with Crippen molar-refractivity contribution in [3.8, 4) is 0 Å². The zero-order chi connectivity index (χ0) is 10.4. The van der Waals surface area contributed by atoms with Gasteiger partial charge >= 0.3 is 0 Å². The predicted molar refractivity (Wildman–Crippen MR) is 55.3 cm³/mol. The third kappa shape index (κ3) is 3.10. The molecule has 1 atom stereocenters. The van der Waals surface area contributed by atoms with Crippen molar-refractivity contribution >= 4 is 0 Å². The third-order valence-corrected chi connectivity index (χ3v) is 2.08. The van der Waals surface area contributed by atoms with Gasteiger partial charge in [-0.05, 0) is 13.0 Å². The molecule has 0 fully saturated rings. The summed E-state index contributed by atoms with van der Waals surface area (Å²) in [5.74, 6) is 1.87. The standard InChI is InChI=1S/C10H19N3O/c1-4-6-9-12-10(14-13-9)8(3)7-11-5-2/h8,11H,4-7H2,1-3H3. The van der Waals surface area contributed by atoms with Gasteiger partial charge in [-0.1, -0.05) is 25.9 Å². The Morgan fingerprint density at radius 3 is 2.86 bits per heavy atom. The molecule has 14 heavy (non-hydrogen) atoms. The van der Waals surface area contributed by atoms with Crippen LogP contribution in [0.5, 0.6) is 0 Å². The topological polar surface area (TPSA) is 51.0 Å². The van der Waals surface area contributed by atoms with Crippen LogP contribution in [0.4, 0.5) is 0 Å². The van der Waals surface area contributed by atoms with Crippen LogP contribution in [-0.2, 0) is 6.42 Å². The lowest BCUT2D eigenvalue weighted by atomic mass is 10.2. The number of aryl methyl sites for hydroxylation is 1. The van der Waals surface area contributed by atoms with Crippen molar-refractivity contribution in [2.24, 2.45) is 0 Å². The van der Waals surface area contributed by atoms with E-state index in [4.69, 9.17) is 4.52 Å². The van der Waals surface area contributed by atoms with E-state index in [9.17, 15) is 0 Å². The molecule has 1 heterocycles. The lowest BCUT2D eigenvalue weighted by Gasteiger charge is -2.05. The number of nitrogens with one attached hydrogen (secondary N) is 1. The van der Waals surface area contributed by atoms with Crippen LogP contribution in [0.1, 0.15) is 44.8 Å². The van der Waals surface area contributed by atoms with Crippen LogP contribution in [0.15, 0.2) is 4.52 Å². The summed E-state index contributed by atoms with van der Waals surface area (Å²) in [6, 6.07) is 0. The number of rotatable bonds is 6. The van der Waals surface area contributed by atoms with E-state index in [1.807, 2.05) is 0 Å². The third-order valence-electron chi connectivity index (χ3n) is 2.08. The molecule has 0 radical (unpaired) electrons. The molecule has 1 unspecified atom stereocenters. The van der Waals surface area contributed by atoms with Gasteiger partial charge in [0.1, 0.15) is 0 Å². The normalized spacial score (nSPS) is 13.1. The molecule has 1 aromatic heterocycles. The van der Waals surface area contributed by atoms with Gasteiger partial charge in [0.25, 0.3) is 0 Å². The van der Waals surface area contributed by atoms with Gasteiger partial charge in [0.2, 0.25) is 5.89 Å². The Kier molecular flexibility index (Phi) is 4.59. The van der Waals surface area contributed by atoms with E-state index in [2.05, 4.69) is 36.2 Å². The van der Waals surface area contributed by atoms with Gasteiger partial charge in [-0.3, -0.25) is 0 Å². The predicted octanol–water partition coefficient (Wildman–Crippen LogP) is 1.74. The highest BCUT2D eigenvalue weighted by molar-refractivity contribution is 4.93. The molecule has 0 spiro atoms. The van der Waals surface area contributed by atoms with Crippen molar-refractivity contribution < 1.29 is 4.52 Å². The highest BCUT2D eigenvalue weighted by atomic mass is 16.5. The maximum absolute atomic E-state index is 5.17. The van der Waals surface area contributed by atoms with E-state index in [1.54, 1.807) is 0 Å². The van der Waals surface area contributed by atoms with Gasteiger partial charge in [0.15, 0.2) is 5.82 Å². The lowest BCUT2D eigenvalue weighted by Crippen LogP contribution is -2.19. The zero-order valence-corrected chi connectivity index (χ0v) is 9.21. The van der Waals surface area contributed by atoms with Crippen LogP contribution in [0.3, 0.4) is 0 Å². The van der Waals surface area contributed by atoms with Crippen molar-refractivity contribution in [1.29, 1.82) is 0 Å². The number of likely N-dealkylation sites (N-methyl/N-ethyl adjacent to an activating group) is 1. The van der Waals surface area contributed by atoms with Crippen LogP contribution in [0, 0.1) is 0 Å². The summed E-state index contributed by atoms with van der Waals surface area (Å²) in [6.07, 6.45) is 1.96. The van der Waals surface area contributed by atoms with Gasteiger partial charge in [0.05, 0.1) is 0 Å². The molecule has 4 heteroatoms. The summed E-state index contributed by atoms with van der Waals surface area (Å²) in [5, 5.41) is 7.18. The second-order valence-corrected chi connectivity index (χ2v) is 3.51. The average molecular weight is 197 g/mol. The molecule has 1 rings (SSSR count). The highest BCUT2D eigenvalue weighted by Crippen LogP contribution is 2.11. The fourth-order valence-corrected chi connectivity index (χ4v) is 1.24. The molecule has 0 aliphatic carbocycles. The molecule has 0 aromatic carbocycles. The molecule has 0 aliphatic heterocycles. The van der Waals surface area contributed by atoms with Crippen molar-refractivity contribution in [3.63, 3.8) is 0 Å². The Labute approximate surface area is 85.1 Å². The minimum absolute atomic E-state index is 0.299. The van der Waals surface area contributed by atoms with Gasteiger partial charge in [-0.15, -0.1) is 0 Å². The second kappa shape index (κ2) is 5.75. The van der Waals surface area contributed by atoms with Crippen LogP contribution in [0.2, 0.25) is 0 Å². The van der Waals surface area contributed by atoms with Crippen molar-refractivity contribution in [3.05, 3.63) is 11.7 Å². The first-order valence-electron chi connectivity index (χ1n) is 5.31. The molecule has 0 bridgehead atoms. The highest BCUT2D eigenvalue weighted by Gasteiger charge is 2.12. The summed E-state index contributed by atoms with van der Waals surface area (Å²) < 4.78 is 5.17. The van der Waals surface area contributed by atoms with E-state index in [0.717, 1.165) is 37.6 Å². The lowest BCUT2D eigenvalue weighted by molar-refractivity contribution is 0.351. The maximum atomic E-state index is 5.17. The summed E-state index contributed by atoms with van der Waals surface area (Å²) in [5.41, 5.74) is 0. The Bertz CT molecular complexity index is 260. The Hall–Kier alpha value is -0.900. The number of nitrogens with zero attached hydrogens (tertiary/aromatic N) is 2. The van der Waals surface area contributed by atoms with Crippen LogP contribution < -0.4 is 5.32 Å². The zero-order valence-electron chi connectivity index (χ0n) is 9.21. The molecule has 1 N–H and O–H groups in total. The van der Waals surface area contributed by atoms with Crippen LogP contribution in [0.25, 0.3) is 0 Å². The number of hydrogen-bond donors (Lipinski definition) is 1. The maximum Gasteiger partial charge on any atom is 0.230 e. The molecule has 0 aliphatic rings. The van der Waals surface area contributed by atoms with E-state index in [0.29, 0.717) is 5.92 Å². The minimum Gasteiger partial charge on any atom is -0.339 e. The summed E-state index contributed by atoms with van der Waals surface area (Å²) >= 11 is 0. The smallest absolute Gasteiger partial charge is 0.230 e. The fourth-order valence-electron chi connectivity index (χ4n) is 1.24. The van der Waals surface area contributed by atoms with Gasteiger partial charge < -0.3 is 9.84 Å². The molecule has 4 nitrogen and oxygen atoms in total. The molecule has 1 aromatic rings. The van der Waals surface area contributed by atoms with Crippen LogP contribution in [-0.4, -0.2) is 23.2 Å². The van der Waals surface area contributed by atoms with Crippen molar-refractivity contribution in [2.45, 2.75) is 39.5 Å². The molecule has 0 saturated carbocycles.